The van der Waals surface area contributed by atoms with Crippen molar-refractivity contribution in [2.24, 2.45) is 0 Å². The molecule has 2 aliphatic heterocycles. The molecule has 2 atom stereocenters. The van der Waals surface area contributed by atoms with Gasteiger partial charge in [0, 0.05) is 19.1 Å². The minimum absolute atomic E-state index is 0.0533. The minimum Gasteiger partial charge on any atom is -0.353 e. The van der Waals surface area contributed by atoms with E-state index in [1.54, 1.807) is 0 Å². The largest absolute Gasteiger partial charge is 0.353 e. The van der Waals surface area contributed by atoms with Crippen LogP contribution in [-0.4, -0.2) is 49.1 Å². The lowest BCUT2D eigenvalue weighted by molar-refractivity contribution is -0.123. The molecule has 104 valence electrons. The van der Waals surface area contributed by atoms with E-state index in [1.165, 1.54) is 38.6 Å². The zero-order valence-corrected chi connectivity index (χ0v) is 11.6. The molecular weight excluding hydrogens is 226 g/mol. The van der Waals surface area contributed by atoms with Crippen LogP contribution in [0, 0.1) is 0 Å². The lowest BCUT2D eigenvalue weighted by Gasteiger charge is -2.33. The Hall–Kier alpha value is -0.610. The lowest BCUT2D eigenvalue weighted by Crippen LogP contribution is -2.49. The van der Waals surface area contributed by atoms with Gasteiger partial charge in [0.1, 0.15) is 0 Å². The third-order valence-electron chi connectivity index (χ3n) is 4.27. The van der Waals surface area contributed by atoms with Gasteiger partial charge in [0.2, 0.25) is 5.91 Å². The van der Waals surface area contributed by atoms with Gasteiger partial charge in [-0.15, -0.1) is 0 Å². The highest BCUT2D eigenvalue weighted by molar-refractivity contribution is 5.81. The van der Waals surface area contributed by atoms with Crippen LogP contribution >= 0.6 is 0 Å². The number of likely N-dealkylation sites (tertiary alicyclic amines) is 1. The molecule has 0 aromatic heterocycles. The van der Waals surface area contributed by atoms with Crippen LogP contribution in [0.4, 0.5) is 0 Å². The van der Waals surface area contributed by atoms with Gasteiger partial charge in [-0.2, -0.15) is 0 Å². The molecule has 2 rings (SSSR count). The number of rotatable bonds is 4. The van der Waals surface area contributed by atoms with Crippen LogP contribution in [-0.2, 0) is 4.79 Å². The van der Waals surface area contributed by atoms with E-state index < -0.39 is 0 Å². The van der Waals surface area contributed by atoms with Gasteiger partial charge in [-0.3, -0.25) is 9.69 Å². The molecule has 18 heavy (non-hydrogen) atoms. The molecule has 0 spiro atoms. The van der Waals surface area contributed by atoms with E-state index in [1.807, 2.05) is 0 Å². The highest BCUT2D eigenvalue weighted by Crippen LogP contribution is 2.15. The zero-order chi connectivity index (χ0) is 12.8. The van der Waals surface area contributed by atoms with E-state index >= 15 is 0 Å². The average molecular weight is 253 g/mol. The number of hydrogen-bond acceptors (Lipinski definition) is 3. The van der Waals surface area contributed by atoms with E-state index in [0.29, 0.717) is 6.04 Å². The number of carbonyl (C=O) groups is 1. The van der Waals surface area contributed by atoms with Crippen LogP contribution in [0.2, 0.25) is 0 Å². The summed E-state index contributed by atoms with van der Waals surface area (Å²) in [5.74, 6) is 0.194. The van der Waals surface area contributed by atoms with Crippen LogP contribution in [0.15, 0.2) is 0 Å². The number of carbonyl (C=O) groups excluding carboxylic acids is 1. The number of piperidine rings is 2. The van der Waals surface area contributed by atoms with Crippen molar-refractivity contribution < 1.29 is 4.79 Å². The Kier molecular flexibility index (Phi) is 5.45. The Morgan fingerprint density at radius 3 is 2.83 bits per heavy atom. The minimum atomic E-state index is 0.0533. The van der Waals surface area contributed by atoms with E-state index in [4.69, 9.17) is 0 Å². The predicted molar refractivity (Wildman–Crippen MR) is 73.5 cm³/mol. The fourth-order valence-electron chi connectivity index (χ4n) is 3.01. The van der Waals surface area contributed by atoms with E-state index in [2.05, 4.69) is 22.5 Å². The predicted octanol–water partition coefficient (Wildman–Crippen LogP) is 1.12. The molecule has 2 saturated heterocycles. The van der Waals surface area contributed by atoms with Crippen molar-refractivity contribution >= 4 is 5.91 Å². The first-order valence-electron chi connectivity index (χ1n) is 7.52. The van der Waals surface area contributed by atoms with Crippen LogP contribution < -0.4 is 10.6 Å². The summed E-state index contributed by atoms with van der Waals surface area (Å²) in [7, 11) is 0. The van der Waals surface area contributed by atoms with Gasteiger partial charge < -0.3 is 10.6 Å². The second-order valence-electron chi connectivity index (χ2n) is 5.67. The van der Waals surface area contributed by atoms with Crippen molar-refractivity contribution in [1.29, 1.82) is 0 Å². The molecule has 4 nitrogen and oxygen atoms in total. The molecule has 0 saturated carbocycles. The summed E-state index contributed by atoms with van der Waals surface area (Å²) < 4.78 is 0. The number of nitrogens with one attached hydrogen (secondary N) is 2. The normalized spacial score (nSPS) is 30.1. The molecule has 0 bridgehead atoms. The molecule has 2 fully saturated rings. The number of amides is 1. The fourth-order valence-corrected chi connectivity index (χ4v) is 3.01. The van der Waals surface area contributed by atoms with Crippen LogP contribution in [0.3, 0.4) is 0 Å². The van der Waals surface area contributed by atoms with Crippen molar-refractivity contribution in [2.75, 3.05) is 26.2 Å². The third-order valence-corrected chi connectivity index (χ3v) is 4.27. The maximum absolute atomic E-state index is 11.9. The van der Waals surface area contributed by atoms with E-state index in [9.17, 15) is 4.79 Å². The summed E-state index contributed by atoms with van der Waals surface area (Å²) in [5.41, 5.74) is 0. The standard InChI is InChI=1S/C14H27N3O/c1-12-6-3-5-10-17(12)11-9-16-14(18)13-7-2-4-8-15-13/h12-13,15H,2-11H2,1H3,(H,16,18)/t12-,13-/m0/s1. The SMILES string of the molecule is C[C@H]1CCCCN1CCNC(=O)[C@@H]1CCCCN1. The zero-order valence-electron chi connectivity index (χ0n) is 11.6. The summed E-state index contributed by atoms with van der Waals surface area (Å²) in [6.07, 6.45) is 7.34. The van der Waals surface area contributed by atoms with E-state index in [0.717, 1.165) is 26.1 Å². The molecule has 2 aliphatic rings. The van der Waals surface area contributed by atoms with Crippen LogP contribution in [0.5, 0.6) is 0 Å². The van der Waals surface area contributed by atoms with Crippen molar-refractivity contribution in [2.45, 2.75) is 57.5 Å². The van der Waals surface area contributed by atoms with Crippen molar-refractivity contribution in [3.63, 3.8) is 0 Å². The number of nitrogens with zero attached hydrogens (tertiary/aromatic N) is 1. The monoisotopic (exact) mass is 253 g/mol. The molecule has 0 radical (unpaired) electrons. The molecule has 4 heteroatoms. The fraction of sp³-hybridized carbons (Fsp3) is 0.929. The van der Waals surface area contributed by atoms with Gasteiger partial charge in [0.25, 0.3) is 0 Å². The molecule has 1 amide bonds. The van der Waals surface area contributed by atoms with Gasteiger partial charge in [-0.05, 0) is 45.7 Å². The van der Waals surface area contributed by atoms with Crippen molar-refractivity contribution in [1.82, 2.24) is 15.5 Å². The summed E-state index contributed by atoms with van der Waals surface area (Å²) in [5, 5.41) is 6.37. The maximum atomic E-state index is 11.9. The summed E-state index contributed by atoms with van der Waals surface area (Å²) in [6.45, 7) is 6.27. The number of hydrogen-bond donors (Lipinski definition) is 2. The Labute approximate surface area is 110 Å². The molecule has 2 heterocycles. The Morgan fingerprint density at radius 2 is 2.11 bits per heavy atom. The quantitative estimate of drug-likeness (QED) is 0.789. The first kappa shape index (κ1) is 13.8. The Morgan fingerprint density at radius 1 is 1.28 bits per heavy atom. The maximum Gasteiger partial charge on any atom is 0.237 e. The average Bonchev–Trinajstić information content (AvgIpc) is 2.42. The first-order valence-corrected chi connectivity index (χ1v) is 7.52. The highest BCUT2D eigenvalue weighted by atomic mass is 16.2. The summed E-state index contributed by atoms with van der Waals surface area (Å²) in [4.78, 5) is 14.4. The van der Waals surface area contributed by atoms with Gasteiger partial charge in [-0.25, -0.2) is 0 Å². The highest BCUT2D eigenvalue weighted by Gasteiger charge is 2.21. The van der Waals surface area contributed by atoms with Gasteiger partial charge in [0.15, 0.2) is 0 Å². The smallest absolute Gasteiger partial charge is 0.237 e. The van der Waals surface area contributed by atoms with E-state index in [-0.39, 0.29) is 11.9 Å². The molecule has 0 unspecified atom stereocenters. The Balaban J connectivity index is 1.63. The molecule has 0 aromatic carbocycles. The van der Waals surface area contributed by atoms with Crippen LogP contribution in [0.1, 0.15) is 45.4 Å². The molecular formula is C14H27N3O. The lowest BCUT2D eigenvalue weighted by atomic mass is 10.0. The van der Waals surface area contributed by atoms with Crippen molar-refractivity contribution in [3.8, 4) is 0 Å². The molecule has 0 aliphatic carbocycles. The van der Waals surface area contributed by atoms with Crippen molar-refractivity contribution in [3.05, 3.63) is 0 Å². The first-order chi connectivity index (χ1) is 8.77. The second kappa shape index (κ2) is 7.10. The Bertz CT molecular complexity index is 264. The van der Waals surface area contributed by atoms with Crippen LogP contribution in [0.25, 0.3) is 0 Å². The van der Waals surface area contributed by atoms with Gasteiger partial charge >= 0.3 is 0 Å². The second-order valence-corrected chi connectivity index (χ2v) is 5.67. The van der Waals surface area contributed by atoms with Gasteiger partial charge in [-0.1, -0.05) is 12.8 Å². The molecule has 2 N–H and O–H groups in total. The summed E-state index contributed by atoms with van der Waals surface area (Å²) in [6, 6.07) is 0.737. The third kappa shape index (κ3) is 3.95. The summed E-state index contributed by atoms with van der Waals surface area (Å²) >= 11 is 0. The topological polar surface area (TPSA) is 44.4 Å². The van der Waals surface area contributed by atoms with Gasteiger partial charge in [0.05, 0.1) is 6.04 Å². The molecule has 0 aromatic rings.